The number of hydrogen-bond acceptors (Lipinski definition) is 2. The number of carboxylic acid groups (broad SMARTS) is 1. The number of carboxylic acids is 1. The highest BCUT2D eigenvalue weighted by atomic mass is 16.4. The fourth-order valence-electron chi connectivity index (χ4n) is 1.70. The van der Waals surface area contributed by atoms with Crippen molar-refractivity contribution in [3.05, 3.63) is 60.8 Å². The molecule has 0 aliphatic rings. The van der Waals surface area contributed by atoms with Crippen molar-refractivity contribution in [2.75, 3.05) is 0 Å². The highest BCUT2D eigenvalue weighted by Gasteiger charge is 1.92. The van der Waals surface area contributed by atoms with Crippen LogP contribution in [0.2, 0.25) is 0 Å². The van der Waals surface area contributed by atoms with Gasteiger partial charge in [0, 0.05) is 6.42 Å². The standard InChI is InChI=1S/C20H30O3/c1-2-19(21)17-15-13-11-9-7-5-3-4-6-8-10-12-14-16-18-20(22)23/h3-5,7,10-13,15,17,19,21H,2,6,8-9,14,16,18H2,1H3,(H,22,23). The van der Waals surface area contributed by atoms with E-state index in [9.17, 15) is 9.90 Å². The van der Waals surface area contributed by atoms with Crippen LogP contribution in [0.5, 0.6) is 0 Å². The maximum absolute atomic E-state index is 10.3. The smallest absolute Gasteiger partial charge is 0.303 e. The zero-order valence-corrected chi connectivity index (χ0v) is 14.1. The van der Waals surface area contributed by atoms with Crippen LogP contribution < -0.4 is 0 Å². The van der Waals surface area contributed by atoms with Gasteiger partial charge in [-0.1, -0.05) is 67.7 Å². The summed E-state index contributed by atoms with van der Waals surface area (Å²) in [7, 11) is 0. The number of aliphatic carboxylic acids is 1. The first kappa shape index (κ1) is 21.1. The minimum atomic E-state index is -0.725. The van der Waals surface area contributed by atoms with E-state index in [1.165, 1.54) is 0 Å². The van der Waals surface area contributed by atoms with Gasteiger partial charge in [-0.15, -0.1) is 0 Å². The Balaban J connectivity index is 3.55. The third-order valence-electron chi connectivity index (χ3n) is 3.08. The first-order valence-corrected chi connectivity index (χ1v) is 8.36. The predicted octanol–water partition coefficient (Wildman–Crippen LogP) is 4.96. The molecule has 0 aliphatic carbocycles. The number of unbranched alkanes of at least 4 members (excludes halogenated alkanes) is 2. The SMILES string of the molecule is CCC(O)C=CC=CCC=CC=CCCC=CCCCC(=O)O. The van der Waals surface area contributed by atoms with Gasteiger partial charge in [0.1, 0.15) is 0 Å². The minimum Gasteiger partial charge on any atom is -0.481 e. The maximum atomic E-state index is 10.3. The van der Waals surface area contributed by atoms with E-state index < -0.39 is 5.97 Å². The molecule has 3 heteroatoms. The number of hydrogen-bond donors (Lipinski definition) is 2. The molecule has 0 saturated carbocycles. The van der Waals surface area contributed by atoms with Crippen LogP contribution in [0.1, 0.15) is 51.9 Å². The first-order chi connectivity index (χ1) is 11.2. The van der Waals surface area contributed by atoms with Gasteiger partial charge in [0.25, 0.3) is 0 Å². The summed E-state index contributed by atoms with van der Waals surface area (Å²) < 4.78 is 0. The van der Waals surface area contributed by atoms with Crippen molar-refractivity contribution in [2.24, 2.45) is 0 Å². The van der Waals surface area contributed by atoms with Gasteiger partial charge in [-0.05, 0) is 38.5 Å². The lowest BCUT2D eigenvalue weighted by molar-refractivity contribution is -0.137. The zero-order chi connectivity index (χ0) is 17.2. The topological polar surface area (TPSA) is 57.5 Å². The molecule has 0 aromatic carbocycles. The number of rotatable bonds is 13. The van der Waals surface area contributed by atoms with Crippen LogP contribution in [0.3, 0.4) is 0 Å². The highest BCUT2D eigenvalue weighted by Crippen LogP contribution is 2.00. The molecular formula is C20H30O3. The Labute approximate surface area is 140 Å². The highest BCUT2D eigenvalue weighted by molar-refractivity contribution is 5.66. The number of aliphatic hydroxyl groups excluding tert-OH is 1. The molecule has 0 aromatic heterocycles. The van der Waals surface area contributed by atoms with Crippen LogP contribution in [-0.4, -0.2) is 22.3 Å². The molecule has 0 fully saturated rings. The molecule has 0 radical (unpaired) electrons. The van der Waals surface area contributed by atoms with Gasteiger partial charge in [-0.2, -0.15) is 0 Å². The quantitative estimate of drug-likeness (QED) is 0.286. The third-order valence-corrected chi connectivity index (χ3v) is 3.08. The summed E-state index contributed by atoms with van der Waals surface area (Å²) in [6, 6.07) is 0. The van der Waals surface area contributed by atoms with E-state index in [4.69, 9.17) is 5.11 Å². The van der Waals surface area contributed by atoms with Crippen LogP contribution in [0, 0.1) is 0 Å². The second-order valence-electron chi connectivity index (χ2n) is 5.22. The molecule has 1 unspecified atom stereocenters. The van der Waals surface area contributed by atoms with Crippen molar-refractivity contribution < 1.29 is 15.0 Å². The Kier molecular flexibility index (Phi) is 15.2. The van der Waals surface area contributed by atoms with Gasteiger partial charge in [0.15, 0.2) is 0 Å². The largest absolute Gasteiger partial charge is 0.481 e. The van der Waals surface area contributed by atoms with Gasteiger partial charge in [0.05, 0.1) is 6.10 Å². The van der Waals surface area contributed by atoms with E-state index in [0.717, 1.165) is 32.1 Å². The molecule has 0 rings (SSSR count). The fourth-order valence-corrected chi connectivity index (χ4v) is 1.70. The molecule has 1 atom stereocenters. The van der Waals surface area contributed by atoms with E-state index in [1.807, 2.05) is 37.3 Å². The molecule has 128 valence electrons. The van der Waals surface area contributed by atoms with Crippen molar-refractivity contribution >= 4 is 5.97 Å². The average molecular weight is 318 g/mol. The van der Waals surface area contributed by atoms with E-state index in [1.54, 1.807) is 6.08 Å². The summed E-state index contributed by atoms with van der Waals surface area (Å²) in [5, 5.41) is 17.8. The van der Waals surface area contributed by atoms with Crippen molar-refractivity contribution in [2.45, 2.75) is 58.0 Å². The van der Waals surface area contributed by atoms with Crippen LogP contribution >= 0.6 is 0 Å². The second kappa shape index (κ2) is 16.5. The van der Waals surface area contributed by atoms with Crippen LogP contribution in [0.4, 0.5) is 0 Å². The Hall–Kier alpha value is -1.87. The third kappa shape index (κ3) is 18.1. The summed E-state index contributed by atoms with van der Waals surface area (Å²) in [4.78, 5) is 10.3. The lowest BCUT2D eigenvalue weighted by Crippen LogP contribution is -1.97. The molecule has 23 heavy (non-hydrogen) atoms. The van der Waals surface area contributed by atoms with Gasteiger partial charge < -0.3 is 10.2 Å². The Morgan fingerprint density at radius 3 is 2.22 bits per heavy atom. The molecule has 0 saturated heterocycles. The normalized spacial score (nSPS) is 14.2. The molecule has 0 spiro atoms. The molecule has 0 aromatic rings. The molecule has 2 N–H and O–H groups in total. The van der Waals surface area contributed by atoms with Crippen molar-refractivity contribution in [1.29, 1.82) is 0 Å². The van der Waals surface area contributed by atoms with Crippen molar-refractivity contribution in [3.63, 3.8) is 0 Å². The summed E-state index contributed by atoms with van der Waals surface area (Å²) >= 11 is 0. The zero-order valence-electron chi connectivity index (χ0n) is 14.1. The number of aliphatic hydroxyl groups is 1. The van der Waals surface area contributed by atoms with Crippen LogP contribution in [0.25, 0.3) is 0 Å². The van der Waals surface area contributed by atoms with Crippen molar-refractivity contribution in [3.8, 4) is 0 Å². The minimum absolute atomic E-state index is 0.248. The molecule has 0 amide bonds. The summed E-state index contributed by atoms with van der Waals surface area (Å²) in [6.45, 7) is 1.95. The summed E-state index contributed by atoms with van der Waals surface area (Å²) in [5.41, 5.74) is 0. The maximum Gasteiger partial charge on any atom is 0.303 e. The Morgan fingerprint density at radius 1 is 0.913 bits per heavy atom. The van der Waals surface area contributed by atoms with Crippen LogP contribution in [0.15, 0.2) is 60.8 Å². The van der Waals surface area contributed by atoms with Gasteiger partial charge in [0.2, 0.25) is 0 Å². The monoisotopic (exact) mass is 318 g/mol. The molecule has 3 nitrogen and oxygen atoms in total. The van der Waals surface area contributed by atoms with Crippen molar-refractivity contribution in [1.82, 2.24) is 0 Å². The van der Waals surface area contributed by atoms with Gasteiger partial charge in [-0.3, -0.25) is 4.79 Å². The molecule has 0 heterocycles. The second-order valence-corrected chi connectivity index (χ2v) is 5.22. The van der Waals surface area contributed by atoms with E-state index >= 15 is 0 Å². The fraction of sp³-hybridized carbons (Fsp3) is 0.450. The van der Waals surface area contributed by atoms with Gasteiger partial charge in [-0.25, -0.2) is 0 Å². The van der Waals surface area contributed by atoms with E-state index in [2.05, 4.69) is 24.3 Å². The molecule has 0 aliphatic heterocycles. The van der Waals surface area contributed by atoms with Gasteiger partial charge >= 0.3 is 5.97 Å². The lowest BCUT2D eigenvalue weighted by atomic mass is 10.2. The Bertz CT molecular complexity index is 428. The van der Waals surface area contributed by atoms with E-state index in [0.29, 0.717) is 6.42 Å². The predicted molar refractivity (Wildman–Crippen MR) is 97.3 cm³/mol. The molecule has 0 bridgehead atoms. The Morgan fingerprint density at radius 2 is 1.52 bits per heavy atom. The van der Waals surface area contributed by atoms with Crippen LogP contribution in [-0.2, 0) is 4.79 Å². The number of allylic oxidation sites excluding steroid dienone is 9. The molecular weight excluding hydrogens is 288 g/mol. The lowest BCUT2D eigenvalue weighted by Gasteiger charge is -1.95. The average Bonchev–Trinajstić information content (AvgIpc) is 2.53. The summed E-state index contributed by atoms with van der Waals surface area (Å²) in [5.74, 6) is -0.725. The first-order valence-electron chi connectivity index (χ1n) is 8.36. The number of carbonyl (C=O) groups is 1. The summed E-state index contributed by atoms with van der Waals surface area (Å²) in [6.07, 6.45) is 25.2. The van der Waals surface area contributed by atoms with E-state index in [-0.39, 0.29) is 12.5 Å².